The van der Waals surface area contributed by atoms with E-state index < -0.39 is 0 Å². The van der Waals surface area contributed by atoms with Gasteiger partial charge in [0.15, 0.2) is 0 Å². The molecule has 0 aliphatic heterocycles. The molecule has 60 valence electrons. The Morgan fingerprint density at radius 3 is 2.82 bits per heavy atom. The average molecular weight is 167 g/mol. The molecule has 0 aliphatic carbocycles. The standard InChI is InChI=1S/C9H13NS/c1-4-6-7-11-8-10-9(3)5-2/h4-8H,1H2,2-3H3/b7-6+,9-5+,10-8-. The first-order chi connectivity index (χ1) is 5.31. The van der Waals surface area contributed by atoms with Crippen molar-refractivity contribution in [3.8, 4) is 0 Å². The SMILES string of the molecule is C=C/C=C/S/C=N\C(C)=C\C. The van der Waals surface area contributed by atoms with E-state index in [4.69, 9.17) is 0 Å². The van der Waals surface area contributed by atoms with Crippen molar-refractivity contribution in [2.75, 3.05) is 0 Å². The van der Waals surface area contributed by atoms with Crippen LogP contribution in [0.1, 0.15) is 13.8 Å². The van der Waals surface area contributed by atoms with Crippen LogP contribution in [0.5, 0.6) is 0 Å². The predicted molar refractivity (Wildman–Crippen MR) is 54.9 cm³/mol. The van der Waals surface area contributed by atoms with Crippen LogP contribution in [0.15, 0.2) is 40.9 Å². The largest absolute Gasteiger partial charge is 0.255 e. The van der Waals surface area contributed by atoms with Crippen LogP contribution < -0.4 is 0 Å². The third-order valence-electron chi connectivity index (χ3n) is 1.03. The van der Waals surface area contributed by atoms with Crippen molar-refractivity contribution in [1.82, 2.24) is 0 Å². The normalized spacial score (nSPS) is 13.1. The molecule has 0 unspecified atom stereocenters. The second-order valence-electron chi connectivity index (χ2n) is 1.86. The molecule has 0 aromatic carbocycles. The van der Waals surface area contributed by atoms with Crippen LogP contribution in [0.3, 0.4) is 0 Å². The van der Waals surface area contributed by atoms with E-state index >= 15 is 0 Å². The van der Waals surface area contributed by atoms with Crippen molar-refractivity contribution < 1.29 is 0 Å². The summed E-state index contributed by atoms with van der Waals surface area (Å²) in [6, 6.07) is 0. The van der Waals surface area contributed by atoms with Crippen molar-refractivity contribution in [3.05, 3.63) is 35.9 Å². The number of aliphatic imine (C=N–C) groups is 1. The fraction of sp³-hybridized carbons (Fsp3) is 0.222. The summed E-state index contributed by atoms with van der Waals surface area (Å²) >= 11 is 1.54. The van der Waals surface area contributed by atoms with Gasteiger partial charge < -0.3 is 0 Å². The molecular formula is C9H13NS. The minimum atomic E-state index is 1.03. The van der Waals surface area contributed by atoms with Crippen LogP contribution in [0, 0.1) is 0 Å². The highest BCUT2D eigenvalue weighted by Crippen LogP contribution is 2.00. The monoisotopic (exact) mass is 167 g/mol. The Balaban J connectivity index is 3.61. The maximum atomic E-state index is 4.13. The summed E-state index contributed by atoms with van der Waals surface area (Å²) in [5.74, 6) is 0. The smallest absolute Gasteiger partial charge is 0.0641 e. The summed E-state index contributed by atoms with van der Waals surface area (Å²) in [6.45, 7) is 7.49. The molecule has 0 bridgehead atoms. The van der Waals surface area contributed by atoms with Gasteiger partial charge in [-0.05, 0) is 19.3 Å². The van der Waals surface area contributed by atoms with Crippen LogP contribution in [-0.4, -0.2) is 5.55 Å². The average Bonchev–Trinajstić information content (AvgIpc) is 2.04. The van der Waals surface area contributed by atoms with E-state index in [2.05, 4.69) is 11.6 Å². The number of hydrogen-bond acceptors (Lipinski definition) is 2. The Hall–Kier alpha value is -0.760. The Morgan fingerprint density at radius 1 is 1.55 bits per heavy atom. The minimum Gasteiger partial charge on any atom is -0.255 e. The molecule has 0 spiro atoms. The second kappa shape index (κ2) is 7.35. The molecule has 0 amide bonds. The van der Waals surface area contributed by atoms with Crippen molar-refractivity contribution in [2.45, 2.75) is 13.8 Å². The van der Waals surface area contributed by atoms with Gasteiger partial charge in [0.25, 0.3) is 0 Å². The summed E-state index contributed by atoms with van der Waals surface area (Å²) in [4.78, 5) is 4.13. The number of hydrogen-bond donors (Lipinski definition) is 0. The molecule has 0 aliphatic rings. The van der Waals surface area contributed by atoms with Crippen LogP contribution in [0.2, 0.25) is 0 Å². The van der Waals surface area contributed by atoms with Crippen molar-refractivity contribution in [3.63, 3.8) is 0 Å². The molecule has 0 radical (unpaired) electrons. The summed E-state index contributed by atoms with van der Waals surface area (Å²) in [5, 5.41) is 1.93. The van der Waals surface area contributed by atoms with E-state index in [9.17, 15) is 0 Å². The number of thioether (sulfide) groups is 1. The molecule has 0 fully saturated rings. The molecule has 0 aromatic rings. The van der Waals surface area contributed by atoms with Crippen molar-refractivity contribution in [2.24, 2.45) is 4.99 Å². The lowest BCUT2D eigenvalue weighted by molar-refractivity contribution is 1.30. The van der Waals surface area contributed by atoms with E-state index in [0.29, 0.717) is 0 Å². The fourth-order valence-electron chi connectivity index (χ4n) is 0.324. The summed E-state index contributed by atoms with van der Waals surface area (Å²) in [6.07, 6.45) is 5.58. The van der Waals surface area contributed by atoms with Gasteiger partial charge in [-0.15, -0.1) is 0 Å². The van der Waals surface area contributed by atoms with Gasteiger partial charge in [0, 0.05) is 5.70 Å². The molecule has 0 aromatic heterocycles. The molecule has 0 heterocycles. The second-order valence-corrected chi connectivity index (χ2v) is 2.62. The maximum Gasteiger partial charge on any atom is 0.0641 e. The Morgan fingerprint density at radius 2 is 2.27 bits per heavy atom. The van der Waals surface area contributed by atoms with Gasteiger partial charge in [0.1, 0.15) is 0 Å². The number of allylic oxidation sites excluding steroid dienone is 4. The number of nitrogens with zero attached hydrogens (tertiary/aromatic N) is 1. The van der Waals surface area contributed by atoms with E-state index in [1.807, 2.05) is 31.4 Å². The van der Waals surface area contributed by atoms with E-state index in [1.54, 1.807) is 11.6 Å². The first-order valence-electron chi connectivity index (χ1n) is 3.39. The van der Waals surface area contributed by atoms with Crippen LogP contribution in [-0.2, 0) is 0 Å². The Labute approximate surface area is 72.6 Å². The van der Waals surface area contributed by atoms with Gasteiger partial charge in [-0.25, -0.2) is 0 Å². The lowest BCUT2D eigenvalue weighted by Crippen LogP contribution is -1.65. The Bertz CT molecular complexity index is 190. The molecule has 0 saturated carbocycles. The lowest BCUT2D eigenvalue weighted by atomic mass is 10.5. The topological polar surface area (TPSA) is 12.4 Å². The first-order valence-corrected chi connectivity index (χ1v) is 4.34. The third-order valence-corrected chi connectivity index (χ3v) is 1.57. The van der Waals surface area contributed by atoms with E-state index in [1.165, 1.54) is 11.8 Å². The minimum absolute atomic E-state index is 1.03. The van der Waals surface area contributed by atoms with Gasteiger partial charge in [-0.1, -0.05) is 36.6 Å². The highest BCUT2D eigenvalue weighted by Gasteiger charge is 1.75. The van der Waals surface area contributed by atoms with Gasteiger partial charge >= 0.3 is 0 Å². The predicted octanol–water partition coefficient (Wildman–Crippen LogP) is 3.37. The zero-order chi connectivity index (χ0) is 8.53. The molecule has 0 atom stereocenters. The zero-order valence-corrected chi connectivity index (χ0v) is 7.77. The third kappa shape index (κ3) is 7.13. The molecular weight excluding hydrogens is 154 g/mol. The molecule has 0 rings (SSSR count). The maximum absolute atomic E-state index is 4.13. The van der Waals surface area contributed by atoms with Crippen LogP contribution in [0.4, 0.5) is 0 Å². The molecule has 11 heavy (non-hydrogen) atoms. The molecule has 2 heteroatoms. The van der Waals surface area contributed by atoms with E-state index in [-0.39, 0.29) is 0 Å². The highest BCUT2D eigenvalue weighted by molar-refractivity contribution is 8.14. The zero-order valence-electron chi connectivity index (χ0n) is 6.95. The van der Waals surface area contributed by atoms with Gasteiger partial charge in [-0.3, -0.25) is 4.99 Å². The molecule has 0 saturated heterocycles. The molecule has 1 nitrogen and oxygen atoms in total. The first kappa shape index (κ1) is 10.2. The number of rotatable bonds is 4. The Kier molecular flexibility index (Phi) is 6.84. The highest BCUT2D eigenvalue weighted by atomic mass is 32.2. The van der Waals surface area contributed by atoms with Gasteiger partial charge in [-0.2, -0.15) is 0 Å². The van der Waals surface area contributed by atoms with Crippen LogP contribution in [0.25, 0.3) is 0 Å². The van der Waals surface area contributed by atoms with Crippen molar-refractivity contribution in [1.29, 1.82) is 0 Å². The van der Waals surface area contributed by atoms with Crippen molar-refractivity contribution >= 4 is 17.3 Å². The summed E-state index contributed by atoms with van der Waals surface area (Å²) in [5.41, 5.74) is 2.83. The van der Waals surface area contributed by atoms with Gasteiger partial charge in [0.05, 0.1) is 5.55 Å². The summed E-state index contributed by atoms with van der Waals surface area (Å²) < 4.78 is 0. The molecule has 0 N–H and O–H groups in total. The van der Waals surface area contributed by atoms with Gasteiger partial charge in [0.2, 0.25) is 0 Å². The van der Waals surface area contributed by atoms with E-state index in [0.717, 1.165) is 5.70 Å². The summed E-state index contributed by atoms with van der Waals surface area (Å²) in [7, 11) is 0. The fourth-order valence-corrected chi connectivity index (χ4v) is 0.823. The lowest BCUT2D eigenvalue weighted by Gasteiger charge is -1.85. The quantitative estimate of drug-likeness (QED) is 0.355. The van der Waals surface area contributed by atoms with Crippen LogP contribution >= 0.6 is 11.8 Å².